The van der Waals surface area contributed by atoms with E-state index in [1.807, 2.05) is 11.0 Å². The Morgan fingerprint density at radius 3 is 2.80 bits per heavy atom. The highest BCUT2D eigenvalue weighted by atomic mass is 16.3. The number of piperidine rings is 1. The Kier molecular flexibility index (Phi) is 2.75. The fourth-order valence-corrected chi connectivity index (χ4v) is 1.77. The molecule has 0 saturated carbocycles. The van der Waals surface area contributed by atoms with E-state index in [-0.39, 0.29) is 0 Å². The molecule has 1 aliphatic heterocycles. The van der Waals surface area contributed by atoms with Crippen LogP contribution in [0.4, 0.5) is 11.4 Å². The van der Waals surface area contributed by atoms with Crippen LogP contribution in [0.2, 0.25) is 0 Å². The zero-order valence-electron chi connectivity index (χ0n) is 8.37. The van der Waals surface area contributed by atoms with Crippen molar-refractivity contribution < 1.29 is 10.2 Å². The van der Waals surface area contributed by atoms with E-state index in [1.54, 1.807) is 12.4 Å². The molecule has 0 amide bonds. The molecular formula is C10H15N3O2. The quantitative estimate of drug-likeness (QED) is 0.586. The van der Waals surface area contributed by atoms with Gasteiger partial charge in [0.2, 0.25) is 0 Å². The summed E-state index contributed by atoms with van der Waals surface area (Å²) in [6.45, 7) is 1.13. The first-order valence-electron chi connectivity index (χ1n) is 4.98. The van der Waals surface area contributed by atoms with Crippen LogP contribution in [0.1, 0.15) is 6.42 Å². The Hall–Kier alpha value is -1.33. The number of anilines is 2. The SMILES string of the molecule is Nc1cncc(N2CC[C@@H](O)[C@@H](O)C2)c1. The minimum atomic E-state index is -0.694. The molecule has 5 nitrogen and oxygen atoms in total. The highest BCUT2D eigenvalue weighted by molar-refractivity contribution is 5.53. The number of hydrogen-bond acceptors (Lipinski definition) is 5. The van der Waals surface area contributed by atoms with Crippen molar-refractivity contribution in [1.29, 1.82) is 0 Å². The van der Waals surface area contributed by atoms with Crippen LogP contribution in [0.15, 0.2) is 18.5 Å². The van der Waals surface area contributed by atoms with Crippen molar-refractivity contribution in [3.05, 3.63) is 18.5 Å². The maximum Gasteiger partial charge on any atom is 0.0974 e. The summed E-state index contributed by atoms with van der Waals surface area (Å²) >= 11 is 0. The summed E-state index contributed by atoms with van der Waals surface area (Å²) in [5, 5.41) is 18.9. The van der Waals surface area contributed by atoms with Crippen LogP contribution in [0.25, 0.3) is 0 Å². The number of rotatable bonds is 1. The molecule has 4 N–H and O–H groups in total. The van der Waals surface area contributed by atoms with Gasteiger partial charge in [-0.2, -0.15) is 0 Å². The van der Waals surface area contributed by atoms with Gasteiger partial charge in [-0.25, -0.2) is 0 Å². The second-order valence-electron chi connectivity index (χ2n) is 3.85. The monoisotopic (exact) mass is 209 g/mol. The molecule has 0 bridgehead atoms. The van der Waals surface area contributed by atoms with Crippen molar-refractivity contribution in [1.82, 2.24) is 4.98 Å². The van der Waals surface area contributed by atoms with Gasteiger partial charge in [-0.3, -0.25) is 4.98 Å². The first kappa shape index (κ1) is 10.2. The van der Waals surface area contributed by atoms with E-state index in [2.05, 4.69) is 4.98 Å². The molecule has 0 unspecified atom stereocenters. The highest BCUT2D eigenvalue weighted by Crippen LogP contribution is 2.20. The molecule has 0 aliphatic carbocycles. The normalized spacial score (nSPS) is 26.7. The van der Waals surface area contributed by atoms with Gasteiger partial charge >= 0.3 is 0 Å². The molecule has 1 aromatic heterocycles. The number of β-amino-alcohol motifs (C(OH)–C–C–N with tert-alkyl or cyclic N) is 1. The van der Waals surface area contributed by atoms with Crippen LogP contribution in [0.5, 0.6) is 0 Å². The summed E-state index contributed by atoms with van der Waals surface area (Å²) < 4.78 is 0. The molecule has 82 valence electrons. The molecular weight excluding hydrogens is 194 g/mol. The van der Waals surface area contributed by atoms with Crippen LogP contribution < -0.4 is 10.6 Å². The van der Waals surface area contributed by atoms with Crippen LogP contribution in [-0.4, -0.2) is 40.5 Å². The number of aliphatic hydroxyl groups is 2. The number of nitrogens with two attached hydrogens (primary N) is 1. The summed E-state index contributed by atoms with van der Waals surface area (Å²) in [4.78, 5) is 5.97. The van der Waals surface area contributed by atoms with Gasteiger partial charge in [-0.05, 0) is 12.5 Å². The average Bonchev–Trinajstić information content (AvgIpc) is 2.22. The first-order valence-corrected chi connectivity index (χ1v) is 4.98. The molecule has 0 radical (unpaired) electrons. The first-order chi connectivity index (χ1) is 7.16. The molecule has 0 spiro atoms. The molecule has 1 fully saturated rings. The summed E-state index contributed by atoms with van der Waals surface area (Å²) in [6.07, 6.45) is 2.55. The van der Waals surface area contributed by atoms with Gasteiger partial charge in [0.15, 0.2) is 0 Å². The molecule has 1 aliphatic rings. The third-order valence-corrected chi connectivity index (χ3v) is 2.66. The lowest BCUT2D eigenvalue weighted by Gasteiger charge is -2.34. The van der Waals surface area contributed by atoms with Gasteiger partial charge in [0.05, 0.1) is 29.8 Å². The Morgan fingerprint density at radius 1 is 1.33 bits per heavy atom. The summed E-state index contributed by atoms with van der Waals surface area (Å²) in [7, 11) is 0. The van der Waals surface area contributed by atoms with Crippen LogP contribution in [-0.2, 0) is 0 Å². The summed E-state index contributed by atoms with van der Waals surface area (Å²) in [6, 6.07) is 1.82. The van der Waals surface area contributed by atoms with Crippen LogP contribution >= 0.6 is 0 Å². The van der Waals surface area contributed by atoms with Gasteiger partial charge in [-0.1, -0.05) is 0 Å². The van der Waals surface area contributed by atoms with Crippen LogP contribution in [0.3, 0.4) is 0 Å². The molecule has 15 heavy (non-hydrogen) atoms. The predicted octanol–water partition coefficient (Wildman–Crippen LogP) is -0.404. The zero-order valence-corrected chi connectivity index (χ0v) is 8.37. The molecule has 5 heteroatoms. The van der Waals surface area contributed by atoms with Gasteiger partial charge in [-0.15, -0.1) is 0 Å². The third kappa shape index (κ3) is 2.19. The largest absolute Gasteiger partial charge is 0.397 e. The van der Waals surface area contributed by atoms with Gasteiger partial charge in [0.25, 0.3) is 0 Å². The second kappa shape index (κ2) is 4.04. The van der Waals surface area contributed by atoms with Crippen molar-refractivity contribution in [2.45, 2.75) is 18.6 Å². The maximum absolute atomic E-state index is 9.54. The number of aromatic nitrogens is 1. The fourth-order valence-electron chi connectivity index (χ4n) is 1.77. The minimum Gasteiger partial charge on any atom is -0.397 e. The lowest BCUT2D eigenvalue weighted by Crippen LogP contribution is -2.46. The Morgan fingerprint density at radius 2 is 2.13 bits per heavy atom. The standard InChI is InChI=1S/C10H15N3O2/c11-7-3-8(5-12-4-7)13-2-1-9(14)10(15)6-13/h3-5,9-10,14-15H,1-2,6,11H2/t9-,10+/m1/s1. The topological polar surface area (TPSA) is 82.6 Å². The predicted molar refractivity (Wildman–Crippen MR) is 57.5 cm³/mol. The molecule has 0 aromatic carbocycles. The fraction of sp³-hybridized carbons (Fsp3) is 0.500. The highest BCUT2D eigenvalue weighted by Gasteiger charge is 2.25. The van der Waals surface area contributed by atoms with E-state index in [4.69, 9.17) is 5.73 Å². The smallest absolute Gasteiger partial charge is 0.0974 e. The van der Waals surface area contributed by atoms with E-state index >= 15 is 0 Å². The van der Waals surface area contributed by atoms with Gasteiger partial charge < -0.3 is 20.8 Å². The van der Waals surface area contributed by atoms with Gasteiger partial charge in [0, 0.05) is 19.3 Å². The van der Waals surface area contributed by atoms with Crippen molar-refractivity contribution in [2.24, 2.45) is 0 Å². The number of nitrogen functional groups attached to an aromatic ring is 1. The second-order valence-corrected chi connectivity index (χ2v) is 3.85. The Bertz CT molecular complexity index is 345. The lowest BCUT2D eigenvalue weighted by atomic mass is 10.0. The number of aliphatic hydroxyl groups excluding tert-OH is 2. The molecule has 2 rings (SSSR count). The van der Waals surface area contributed by atoms with E-state index in [9.17, 15) is 10.2 Å². The summed E-state index contributed by atoms with van der Waals surface area (Å²) in [5.41, 5.74) is 7.12. The minimum absolute atomic E-state index is 0.423. The lowest BCUT2D eigenvalue weighted by molar-refractivity contribution is 0.00801. The summed E-state index contributed by atoms with van der Waals surface area (Å²) in [5.74, 6) is 0. The van der Waals surface area contributed by atoms with Crippen molar-refractivity contribution in [3.63, 3.8) is 0 Å². The third-order valence-electron chi connectivity index (χ3n) is 2.66. The molecule has 2 heterocycles. The van der Waals surface area contributed by atoms with E-state index < -0.39 is 12.2 Å². The van der Waals surface area contributed by atoms with Gasteiger partial charge in [0.1, 0.15) is 0 Å². The number of nitrogens with zero attached hydrogens (tertiary/aromatic N) is 2. The number of hydrogen-bond donors (Lipinski definition) is 3. The molecule has 1 aromatic rings. The van der Waals surface area contributed by atoms with E-state index in [1.165, 1.54) is 0 Å². The van der Waals surface area contributed by atoms with E-state index in [0.29, 0.717) is 25.2 Å². The van der Waals surface area contributed by atoms with Crippen molar-refractivity contribution in [2.75, 3.05) is 23.7 Å². The number of pyridine rings is 1. The molecule has 1 saturated heterocycles. The van der Waals surface area contributed by atoms with Crippen LogP contribution in [0, 0.1) is 0 Å². The zero-order chi connectivity index (χ0) is 10.8. The average molecular weight is 209 g/mol. The Balaban J connectivity index is 2.12. The van der Waals surface area contributed by atoms with E-state index in [0.717, 1.165) is 5.69 Å². The van der Waals surface area contributed by atoms with Crippen molar-refractivity contribution in [3.8, 4) is 0 Å². The Labute approximate surface area is 88.2 Å². The molecule has 2 atom stereocenters. The van der Waals surface area contributed by atoms with Crippen molar-refractivity contribution >= 4 is 11.4 Å². The maximum atomic E-state index is 9.54.